The molecule has 0 radical (unpaired) electrons. The SMILES string of the molecule is CC(C)(OCCO)c1ccc(C(C)(C)c2ccc(C(C)(C)OCCO)cc2)cc1. The molecule has 0 atom stereocenters. The van der Waals surface area contributed by atoms with Crippen LogP contribution in [0.4, 0.5) is 0 Å². The fraction of sp³-hybridized carbons (Fsp3) is 0.520. The largest absolute Gasteiger partial charge is 0.394 e. The molecule has 4 nitrogen and oxygen atoms in total. The summed E-state index contributed by atoms with van der Waals surface area (Å²) in [4.78, 5) is 0. The van der Waals surface area contributed by atoms with Crippen LogP contribution in [0.3, 0.4) is 0 Å². The number of ether oxygens (including phenoxy) is 2. The molecular weight excluding hydrogens is 364 g/mol. The number of aliphatic hydroxyl groups excluding tert-OH is 2. The van der Waals surface area contributed by atoms with Crippen molar-refractivity contribution in [3.05, 3.63) is 70.8 Å². The zero-order valence-corrected chi connectivity index (χ0v) is 18.7. The van der Waals surface area contributed by atoms with Gasteiger partial charge < -0.3 is 19.7 Å². The first kappa shape index (κ1) is 23.6. The number of hydrogen-bond donors (Lipinski definition) is 2. The van der Waals surface area contributed by atoms with Crippen LogP contribution in [0.25, 0.3) is 0 Å². The van der Waals surface area contributed by atoms with Gasteiger partial charge in [0, 0.05) is 5.41 Å². The van der Waals surface area contributed by atoms with Crippen LogP contribution in [0.1, 0.15) is 63.8 Å². The monoisotopic (exact) mass is 400 g/mol. The van der Waals surface area contributed by atoms with E-state index in [9.17, 15) is 0 Å². The normalized spacial score (nSPS) is 13.0. The Balaban J connectivity index is 2.22. The standard InChI is InChI=1S/C25H36O4/c1-23(2,19-7-11-21(12-8-19)24(3,4)28-17-15-26)20-9-13-22(14-10-20)25(5,6)29-18-16-27/h7-14,26-27H,15-18H2,1-6H3. The van der Waals surface area contributed by atoms with Crippen LogP contribution in [0.5, 0.6) is 0 Å². The van der Waals surface area contributed by atoms with E-state index in [1.54, 1.807) is 0 Å². The maximum atomic E-state index is 9.02. The Kier molecular flexibility index (Phi) is 7.63. The first-order valence-electron chi connectivity index (χ1n) is 10.3. The Labute approximate surface area is 175 Å². The first-order chi connectivity index (χ1) is 13.5. The molecule has 0 unspecified atom stereocenters. The van der Waals surface area contributed by atoms with E-state index in [-0.39, 0.29) is 18.6 Å². The van der Waals surface area contributed by atoms with Gasteiger partial charge in [-0.2, -0.15) is 0 Å². The van der Waals surface area contributed by atoms with E-state index >= 15 is 0 Å². The minimum atomic E-state index is -0.437. The zero-order chi connectivity index (χ0) is 21.7. The fourth-order valence-corrected chi connectivity index (χ4v) is 3.51. The highest BCUT2D eigenvalue weighted by Crippen LogP contribution is 2.35. The summed E-state index contributed by atoms with van der Waals surface area (Å²) in [5, 5.41) is 18.0. The van der Waals surface area contributed by atoms with Gasteiger partial charge in [0.15, 0.2) is 0 Å². The van der Waals surface area contributed by atoms with Crippen LogP contribution in [0, 0.1) is 0 Å². The second-order valence-electron chi connectivity index (χ2n) is 8.94. The van der Waals surface area contributed by atoms with E-state index in [0.717, 1.165) is 11.1 Å². The average Bonchev–Trinajstić information content (AvgIpc) is 2.71. The molecule has 0 saturated carbocycles. The Bertz CT molecular complexity index is 693. The lowest BCUT2D eigenvalue weighted by molar-refractivity contribution is -0.0370. The van der Waals surface area contributed by atoms with Crippen LogP contribution in [0.2, 0.25) is 0 Å². The van der Waals surface area contributed by atoms with Crippen molar-refractivity contribution < 1.29 is 19.7 Å². The fourth-order valence-electron chi connectivity index (χ4n) is 3.51. The summed E-state index contributed by atoms with van der Waals surface area (Å²) in [7, 11) is 0. The summed E-state index contributed by atoms with van der Waals surface area (Å²) >= 11 is 0. The van der Waals surface area contributed by atoms with Crippen molar-refractivity contribution in [1.82, 2.24) is 0 Å². The Hall–Kier alpha value is -1.72. The quantitative estimate of drug-likeness (QED) is 0.616. The first-order valence-corrected chi connectivity index (χ1v) is 10.3. The molecule has 2 rings (SSSR count). The van der Waals surface area contributed by atoms with Crippen molar-refractivity contribution in [2.45, 2.75) is 58.2 Å². The summed E-state index contributed by atoms with van der Waals surface area (Å²) in [6.07, 6.45) is 0. The van der Waals surface area contributed by atoms with Gasteiger partial charge in [-0.15, -0.1) is 0 Å². The van der Waals surface area contributed by atoms with E-state index in [0.29, 0.717) is 13.2 Å². The molecule has 2 aromatic carbocycles. The second-order valence-corrected chi connectivity index (χ2v) is 8.94. The van der Waals surface area contributed by atoms with E-state index in [1.807, 2.05) is 27.7 Å². The smallest absolute Gasteiger partial charge is 0.0876 e. The minimum absolute atomic E-state index is 0.0202. The predicted octanol–water partition coefficient (Wildman–Crippen LogP) is 4.50. The molecule has 0 fully saturated rings. The molecule has 0 aromatic heterocycles. The van der Waals surface area contributed by atoms with Gasteiger partial charge in [-0.3, -0.25) is 0 Å². The third-order valence-corrected chi connectivity index (χ3v) is 5.71. The molecule has 0 aliphatic carbocycles. The molecule has 2 aromatic rings. The lowest BCUT2D eigenvalue weighted by Crippen LogP contribution is -2.25. The van der Waals surface area contributed by atoms with Gasteiger partial charge in [0.05, 0.1) is 37.6 Å². The van der Waals surface area contributed by atoms with Crippen molar-refractivity contribution in [1.29, 1.82) is 0 Å². The van der Waals surface area contributed by atoms with E-state index in [2.05, 4.69) is 62.4 Å². The van der Waals surface area contributed by atoms with Crippen LogP contribution in [-0.4, -0.2) is 36.6 Å². The molecular formula is C25H36O4. The van der Waals surface area contributed by atoms with E-state index in [1.165, 1.54) is 11.1 Å². The maximum Gasteiger partial charge on any atom is 0.0876 e. The number of rotatable bonds is 10. The third kappa shape index (κ3) is 5.67. The molecule has 0 aliphatic heterocycles. The Morgan fingerprint density at radius 1 is 0.552 bits per heavy atom. The summed E-state index contributed by atoms with van der Waals surface area (Å²) in [5.74, 6) is 0. The van der Waals surface area contributed by atoms with Crippen molar-refractivity contribution in [2.24, 2.45) is 0 Å². The minimum Gasteiger partial charge on any atom is -0.394 e. The molecule has 29 heavy (non-hydrogen) atoms. The summed E-state index contributed by atoms with van der Waals surface area (Å²) in [6.45, 7) is 13.2. The Morgan fingerprint density at radius 2 is 0.828 bits per heavy atom. The van der Waals surface area contributed by atoms with Crippen LogP contribution >= 0.6 is 0 Å². The predicted molar refractivity (Wildman–Crippen MR) is 117 cm³/mol. The maximum absolute atomic E-state index is 9.02. The average molecular weight is 401 g/mol. The molecule has 0 amide bonds. The van der Waals surface area contributed by atoms with E-state index in [4.69, 9.17) is 19.7 Å². The molecule has 2 N–H and O–H groups in total. The van der Waals surface area contributed by atoms with Crippen molar-refractivity contribution in [3.8, 4) is 0 Å². The van der Waals surface area contributed by atoms with E-state index < -0.39 is 11.2 Å². The molecule has 0 bridgehead atoms. The summed E-state index contributed by atoms with van der Waals surface area (Å²) in [5.41, 5.74) is 3.60. The van der Waals surface area contributed by atoms with Crippen molar-refractivity contribution >= 4 is 0 Å². The third-order valence-electron chi connectivity index (χ3n) is 5.71. The second kappa shape index (κ2) is 9.40. The van der Waals surface area contributed by atoms with Gasteiger partial charge >= 0.3 is 0 Å². The molecule has 0 aliphatic rings. The van der Waals surface area contributed by atoms with Gasteiger partial charge in [-0.05, 0) is 49.9 Å². The van der Waals surface area contributed by atoms with Gasteiger partial charge in [0.2, 0.25) is 0 Å². The Morgan fingerprint density at radius 3 is 1.10 bits per heavy atom. The summed E-state index contributed by atoms with van der Waals surface area (Å²) in [6, 6.07) is 17.0. The lowest BCUT2D eigenvalue weighted by Gasteiger charge is -2.30. The molecule has 0 heterocycles. The van der Waals surface area contributed by atoms with Crippen molar-refractivity contribution in [2.75, 3.05) is 26.4 Å². The molecule has 0 saturated heterocycles. The number of aliphatic hydroxyl groups is 2. The zero-order valence-electron chi connectivity index (χ0n) is 18.7. The lowest BCUT2D eigenvalue weighted by atomic mass is 9.77. The highest BCUT2D eigenvalue weighted by atomic mass is 16.5. The van der Waals surface area contributed by atoms with Gasteiger partial charge in [-0.1, -0.05) is 62.4 Å². The van der Waals surface area contributed by atoms with Gasteiger partial charge in [0.25, 0.3) is 0 Å². The summed E-state index contributed by atoms with van der Waals surface area (Å²) < 4.78 is 11.5. The molecule has 160 valence electrons. The highest BCUT2D eigenvalue weighted by Gasteiger charge is 2.27. The topological polar surface area (TPSA) is 58.9 Å². The molecule has 4 heteroatoms. The highest BCUT2D eigenvalue weighted by molar-refractivity contribution is 5.41. The van der Waals surface area contributed by atoms with Crippen LogP contribution < -0.4 is 0 Å². The van der Waals surface area contributed by atoms with Gasteiger partial charge in [0.1, 0.15) is 0 Å². The van der Waals surface area contributed by atoms with Crippen LogP contribution in [-0.2, 0) is 26.1 Å². The van der Waals surface area contributed by atoms with Gasteiger partial charge in [-0.25, -0.2) is 0 Å². The molecule has 0 spiro atoms. The number of benzene rings is 2. The number of hydrogen-bond acceptors (Lipinski definition) is 4. The van der Waals surface area contributed by atoms with Crippen molar-refractivity contribution in [3.63, 3.8) is 0 Å². The van der Waals surface area contributed by atoms with Crippen LogP contribution in [0.15, 0.2) is 48.5 Å².